The molecule has 0 radical (unpaired) electrons. The highest BCUT2D eigenvalue weighted by atomic mass is 16.3. The summed E-state index contributed by atoms with van der Waals surface area (Å²) in [4.78, 5) is 0. The van der Waals surface area contributed by atoms with Gasteiger partial charge in [-0.15, -0.1) is 0 Å². The van der Waals surface area contributed by atoms with Gasteiger partial charge in [-0.25, -0.2) is 0 Å². The molecule has 0 aromatic rings. The van der Waals surface area contributed by atoms with Gasteiger partial charge >= 0.3 is 0 Å². The second kappa shape index (κ2) is 3.61. The van der Waals surface area contributed by atoms with E-state index in [9.17, 15) is 0 Å². The second-order valence-corrected chi connectivity index (χ2v) is 2.01. The molecule has 0 aromatic heterocycles. The fourth-order valence-corrected chi connectivity index (χ4v) is 0.501. The van der Waals surface area contributed by atoms with E-state index in [1.165, 1.54) is 0 Å². The molecule has 0 aliphatic heterocycles. The van der Waals surface area contributed by atoms with Crippen LogP contribution < -0.4 is 0 Å². The summed E-state index contributed by atoms with van der Waals surface area (Å²) < 4.78 is 0. The summed E-state index contributed by atoms with van der Waals surface area (Å²) in [6.45, 7) is 3.62. The van der Waals surface area contributed by atoms with E-state index in [1.54, 1.807) is 6.92 Å². The maximum absolute atomic E-state index is 8.71. The summed E-state index contributed by atoms with van der Waals surface area (Å²) in [5.41, 5.74) is 0.625. The van der Waals surface area contributed by atoms with Crippen LogP contribution in [0.4, 0.5) is 0 Å². The van der Waals surface area contributed by atoms with Crippen molar-refractivity contribution in [3.63, 3.8) is 0 Å². The molecule has 0 aromatic carbocycles. The van der Waals surface area contributed by atoms with Crippen molar-refractivity contribution in [2.24, 2.45) is 0 Å². The van der Waals surface area contributed by atoms with Crippen LogP contribution in [-0.2, 0) is 0 Å². The van der Waals surface area contributed by atoms with Crippen LogP contribution in [0.5, 0.6) is 0 Å². The highest BCUT2D eigenvalue weighted by Gasteiger charge is 1.97. The number of nitrogens with one attached hydrogen (secondary N) is 1. The number of hydrogen-bond donors (Lipinski definition) is 2. The molecule has 0 amide bonds. The molecule has 1 unspecified atom stereocenters. The van der Waals surface area contributed by atoms with Gasteiger partial charge in [0.25, 0.3) is 0 Å². The van der Waals surface area contributed by atoms with Gasteiger partial charge in [0.1, 0.15) is 0 Å². The van der Waals surface area contributed by atoms with Gasteiger partial charge in [0.2, 0.25) is 0 Å². The third-order valence-corrected chi connectivity index (χ3v) is 0.969. The maximum atomic E-state index is 8.71. The molecular formula is C6H13NO. The van der Waals surface area contributed by atoms with Crippen LogP contribution in [0.25, 0.3) is 0 Å². The zero-order valence-electron chi connectivity index (χ0n) is 5.44. The first-order chi connectivity index (χ1) is 3.66. The standard InChI is InChI=1S/C6H13NO/c1-3-6(7)4-5(2)8/h5,7-8H,3-4H2,1-2H3. The molecule has 2 heteroatoms. The van der Waals surface area contributed by atoms with Crippen molar-refractivity contribution in [2.75, 3.05) is 0 Å². The minimum Gasteiger partial charge on any atom is -0.393 e. The van der Waals surface area contributed by atoms with Crippen molar-refractivity contribution >= 4 is 5.71 Å². The lowest BCUT2D eigenvalue weighted by Crippen LogP contribution is -2.06. The van der Waals surface area contributed by atoms with E-state index in [1.807, 2.05) is 6.92 Å². The first-order valence-electron chi connectivity index (χ1n) is 2.91. The van der Waals surface area contributed by atoms with Gasteiger partial charge < -0.3 is 10.5 Å². The van der Waals surface area contributed by atoms with Gasteiger partial charge in [0, 0.05) is 12.1 Å². The van der Waals surface area contributed by atoms with Crippen molar-refractivity contribution in [1.82, 2.24) is 0 Å². The summed E-state index contributed by atoms with van der Waals surface area (Å²) in [7, 11) is 0. The third kappa shape index (κ3) is 3.81. The zero-order chi connectivity index (χ0) is 6.57. The molecule has 0 rings (SSSR count). The average molecular weight is 115 g/mol. The second-order valence-electron chi connectivity index (χ2n) is 2.01. The molecule has 8 heavy (non-hydrogen) atoms. The van der Waals surface area contributed by atoms with Crippen LogP contribution in [0.15, 0.2) is 0 Å². The summed E-state index contributed by atoms with van der Waals surface area (Å²) in [5.74, 6) is 0. The van der Waals surface area contributed by atoms with E-state index in [-0.39, 0.29) is 6.10 Å². The smallest absolute Gasteiger partial charge is 0.0564 e. The summed E-state index contributed by atoms with van der Waals surface area (Å²) >= 11 is 0. The van der Waals surface area contributed by atoms with Crippen LogP contribution in [0.1, 0.15) is 26.7 Å². The molecule has 0 aliphatic rings. The molecule has 0 spiro atoms. The zero-order valence-corrected chi connectivity index (χ0v) is 5.44. The minimum absolute atomic E-state index is 0.345. The number of aliphatic hydroxyl groups excluding tert-OH is 1. The number of rotatable bonds is 3. The SMILES string of the molecule is CCC(=N)CC(C)O. The Bertz CT molecular complexity index is 78.6. The molecule has 48 valence electrons. The van der Waals surface area contributed by atoms with Gasteiger partial charge in [0.15, 0.2) is 0 Å². The molecule has 0 heterocycles. The van der Waals surface area contributed by atoms with Crippen LogP contribution in [-0.4, -0.2) is 16.9 Å². The summed E-state index contributed by atoms with van der Waals surface area (Å²) in [6.07, 6.45) is 0.934. The molecule has 0 saturated carbocycles. The lowest BCUT2D eigenvalue weighted by molar-refractivity contribution is 0.202. The Labute approximate surface area is 50.0 Å². The van der Waals surface area contributed by atoms with Crippen molar-refractivity contribution < 1.29 is 5.11 Å². The lowest BCUT2D eigenvalue weighted by atomic mass is 10.1. The molecule has 0 saturated heterocycles. The Morgan fingerprint density at radius 1 is 1.75 bits per heavy atom. The Kier molecular flexibility index (Phi) is 3.44. The first-order valence-corrected chi connectivity index (χ1v) is 2.91. The van der Waals surface area contributed by atoms with Gasteiger partial charge in [-0.2, -0.15) is 0 Å². The van der Waals surface area contributed by atoms with Crippen LogP contribution in [0.2, 0.25) is 0 Å². The Morgan fingerprint density at radius 3 is 2.38 bits per heavy atom. The van der Waals surface area contributed by atoms with Crippen molar-refractivity contribution in [1.29, 1.82) is 5.41 Å². The average Bonchev–Trinajstić information content (AvgIpc) is 1.65. The van der Waals surface area contributed by atoms with Gasteiger partial charge in [-0.1, -0.05) is 6.92 Å². The van der Waals surface area contributed by atoms with E-state index in [0.717, 1.165) is 6.42 Å². The first kappa shape index (κ1) is 7.63. The molecule has 2 N–H and O–H groups in total. The Balaban J connectivity index is 3.25. The number of aliphatic hydroxyl groups is 1. The Hall–Kier alpha value is -0.370. The minimum atomic E-state index is -0.345. The maximum Gasteiger partial charge on any atom is 0.0564 e. The van der Waals surface area contributed by atoms with E-state index >= 15 is 0 Å². The quantitative estimate of drug-likeness (QED) is 0.533. The third-order valence-electron chi connectivity index (χ3n) is 0.969. The molecule has 2 nitrogen and oxygen atoms in total. The predicted octanol–water partition coefficient (Wildman–Crippen LogP) is 1.19. The van der Waals surface area contributed by atoms with Gasteiger partial charge in [0.05, 0.1) is 6.10 Å². The van der Waals surface area contributed by atoms with E-state index in [0.29, 0.717) is 12.1 Å². The predicted molar refractivity (Wildman–Crippen MR) is 34.3 cm³/mol. The van der Waals surface area contributed by atoms with Gasteiger partial charge in [-0.3, -0.25) is 0 Å². The van der Waals surface area contributed by atoms with Gasteiger partial charge in [-0.05, 0) is 13.3 Å². The topological polar surface area (TPSA) is 44.1 Å². The Morgan fingerprint density at radius 2 is 2.25 bits per heavy atom. The van der Waals surface area contributed by atoms with E-state index in [4.69, 9.17) is 10.5 Å². The highest BCUT2D eigenvalue weighted by molar-refractivity contribution is 5.81. The molecule has 1 atom stereocenters. The lowest BCUT2D eigenvalue weighted by Gasteiger charge is -2.01. The van der Waals surface area contributed by atoms with Crippen LogP contribution >= 0.6 is 0 Å². The van der Waals surface area contributed by atoms with Crippen LogP contribution in [0, 0.1) is 5.41 Å². The summed E-state index contributed by atoms with van der Waals surface area (Å²) in [5, 5.41) is 15.8. The fraction of sp³-hybridized carbons (Fsp3) is 0.833. The molecule has 0 fully saturated rings. The number of hydrogen-bond acceptors (Lipinski definition) is 2. The highest BCUT2D eigenvalue weighted by Crippen LogP contribution is 1.93. The molecule has 0 aliphatic carbocycles. The largest absolute Gasteiger partial charge is 0.393 e. The van der Waals surface area contributed by atoms with Crippen molar-refractivity contribution in [3.05, 3.63) is 0 Å². The summed E-state index contributed by atoms with van der Waals surface area (Å²) in [6, 6.07) is 0. The molecular weight excluding hydrogens is 102 g/mol. The van der Waals surface area contributed by atoms with E-state index in [2.05, 4.69) is 0 Å². The molecule has 0 bridgehead atoms. The normalized spacial score (nSPS) is 13.4. The van der Waals surface area contributed by atoms with E-state index < -0.39 is 0 Å². The van der Waals surface area contributed by atoms with Crippen molar-refractivity contribution in [2.45, 2.75) is 32.8 Å². The van der Waals surface area contributed by atoms with Crippen molar-refractivity contribution in [3.8, 4) is 0 Å². The fourth-order valence-electron chi connectivity index (χ4n) is 0.501. The van der Waals surface area contributed by atoms with Crippen LogP contribution in [0.3, 0.4) is 0 Å². The monoisotopic (exact) mass is 115 g/mol.